The molecule has 0 radical (unpaired) electrons. The minimum absolute atomic E-state index is 0. The van der Waals surface area contributed by atoms with Gasteiger partial charge >= 0.3 is 0 Å². The van der Waals surface area contributed by atoms with E-state index in [0.29, 0.717) is 30.8 Å². The SMILES string of the molecule is CCC(CC)(CN)C(=O)NC(C)c1ccc2c(c1)NC(=O)CO2.Cl. The van der Waals surface area contributed by atoms with Crippen molar-refractivity contribution in [3.8, 4) is 5.75 Å². The lowest BCUT2D eigenvalue weighted by atomic mass is 9.81. The van der Waals surface area contributed by atoms with Gasteiger partial charge in [0.25, 0.3) is 5.91 Å². The number of fused-ring (bicyclic) bond motifs is 1. The van der Waals surface area contributed by atoms with Crippen molar-refractivity contribution in [1.82, 2.24) is 5.32 Å². The first-order valence-corrected chi connectivity index (χ1v) is 8.03. The summed E-state index contributed by atoms with van der Waals surface area (Å²) in [4.78, 5) is 24.0. The molecule has 1 unspecified atom stereocenters. The molecule has 4 N–H and O–H groups in total. The molecule has 0 aromatic heterocycles. The Morgan fingerprint density at radius 1 is 1.42 bits per heavy atom. The minimum Gasteiger partial charge on any atom is -0.482 e. The van der Waals surface area contributed by atoms with Crippen LogP contribution in [0, 0.1) is 5.41 Å². The molecule has 0 saturated heterocycles. The van der Waals surface area contributed by atoms with Crippen LogP contribution in [0.3, 0.4) is 0 Å². The molecule has 1 atom stereocenters. The van der Waals surface area contributed by atoms with Crippen LogP contribution in [0.5, 0.6) is 5.75 Å². The summed E-state index contributed by atoms with van der Waals surface area (Å²) in [6.07, 6.45) is 1.40. The number of anilines is 1. The van der Waals surface area contributed by atoms with Gasteiger partial charge in [-0.15, -0.1) is 12.4 Å². The molecule has 2 rings (SSSR count). The summed E-state index contributed by atoms with van der Waals surface area (Å²) in [7, 11) is 0. The predicted molar refractivity (Wildman–Crippen MR) is 96.4 cm³/mol. The van der Waals surface area contributed by atoms with Gasteiger partial charge < -0.3 is 21.1 Å². The molecule has 1 aromatic rings. The molecule has 1 aliphatic heterocycles. The first-order valence-electron chi connectivity index (χ1n) is 8.03. The van der Waals surface area contributed by atoms with Gasteiger partial charge in [-0.3, -0.25) is 9.59 Å². The summed E-state index contributed by atoms with van der Waals surface area (Å²) >= 11 is 0. The molecule has 1 aromatic carbocycles. The molecule has 134 valence electrons. The maximum absolute atomic E-state index is 12.6. The Kier molecular flexibility index (Phi) is 7.05. The second-order valence-electron chi connectivity index (χ2n) is 5.98. The lowest BCUT2D eigenvalue weighted by Crippen LogP contribution is -2.46. The maximum Gasteiger partial charge on any atom is 0.262 e. The number of halogens is 1. The Morgan fingerprint density at radius 2 is 2.08 bits per heavy atom. The Labute approximate surface area is 148 Å². The van der Waals surface area contributed by atoms with E-state index >= 15 is 0 Å². The number of benzene rings is 1. The topological polar surface area (TPSA) is 93.5 Å². The zero-order chi connectivity index (χ0) is 17.0. The van der Waals surface area contributed by atoms with Crippen LogP contribution in [-0.2, 0) is 9.59 Å². The van der Waals surface area contributed by atoms with E-state index in [2.05, 4.69) is 10.6 Å². The number of amides is 2. The molecule has 24 heavy (non-hydrogen) atoms. The summed E-state index contributed by atoms with van der Waals surface area (Å²) in [5, 5.41) is 5.81. The van der Waals surface area contributed by atoms with Crippen LogP contribution in [0.4, 0.5) is 5.69 Å². The quantitative estimate of drug-likeness (QED) is 0.730. The first-order chi connectivity index (χ1) is 11.0. The van der Waals surface area contributed by atoms with Crippen LogP contribution in [0.1, 0.15) is 45.2 Å². The van der Waals surface area contributed by atoms with Gasteiger partial charge in [0.2, 0.25) is 5.91 Å². The standard InChI is InChI=1S/C17H25N3O3.ClH/c1-4-17(5-2,10-18)16(22)19-11(3)12-6-7-14-13(8-12)20-15(21)9-23-14;/h6-8,11H,4-5,9-10,18H2,1-3H3,(H,19,22)(H,20,21);1H. The van der Waals surface area contributed by atoms with E-state index in [1.165, 1.54) is 0 Å². The lowest BCUT2D eigenvalue weighted by molar-refractivity contribution is -0.131. The van der Waals surface area contributed by atoms with Crippen LogP contribution < -0.4 is 21.1 Å². The van der Waals surface area contributed by atoms with E-state index < -0.39 is 5.41 Å². The van der Waals surface area contributed by atoms with E-state index in [1.54, 1.807) is 0 Å². The maximum atomic E-state index is 12.6. The van der Waals surface area contributed by atoms with Crippen molar-refractivity contribution < 1.29 is 14.3 Å². The fourth-order valence-electron chi connectivity index (χ4n) is 2.76. The largest absolute Gasteiger partial charge is 0.482 e. The number of carbonyl (C=O) groups is 2. The van der Waals surface area contributed by atoms with Crippen molar-refractivity contribution in [3.63, 3.8) is 0 Å². The second-order valence-corrected chi connectivity index (χ2v) is 5.98. The average molecular weight is 356 g/mol. The highest BCUT2D eigenvalue weighted by Crippen LogP contribution is 2.31. The monoisotopic (exact) mass is 355 g/mol. The smallest absolute Gasteiger partial charge is 0.262 e. The van der Waals surface area contributed by atoms with Crippen LogP contribution in [0.25, 0.3) is 0 Å². The molecule has 1 aliphatic rings. The van der Waals surface area contributed by atoms with Crippen molar-refractivity contribution in [3.05, 3.63) is 23.8 Å². The molecule has 0 aliphatic carbocycles. The fraction of sp³-hybridized carbons (Fsp3) is 0.529. The molecular formula is C17H26ClN3O3. The van der Waals surface area contributed by atoms with Gasteiger partial charge in [0.05, 0.1) is 17.1 Å². The lowest BCUT2D eigenvalue weighted by Gasteiger charge is -2.30. The van der Waals surface area contributed by atoms with Crippen molar-refractivity contribution in [1.29, 1.82) is 0 Å². The molecule has 2 amide bonds. The number of rotatable bonds is 6. The Hall–Kier alpha value is -1.79. The van der Waals surface area contributed by atoms with Gasteiger partial charge in [0.1, 0.15) is 5.75 Å². The van der Waals surface area contributed by atoms with Gasteiger partial charge in [-0.25, -0.2) is 0 Å². The molecular weight excluding hydrogens is 330 g/mol. The highest BCUT2D eigenvalue weighted by molar-refractivity contribution is 5.95. The highest BCUT2D eigenvalue weighted by atomic mass is 35.5. The van der Waals surface area contributed by atoms with Gasteiger partial charge in [-0.2, -0.15) is 0 Å². The molecule has 0 bridgehead atoms. The number of nitrogens with one attached hydrogen (secondary N) is 2. The van der Waals surface area contributed by atoms with E-state index in [4.69, 9.17) is 10.5 Å². The summed E-state index contributed by atoms with van der Waals surface area (Å²) in [6, 6.07) is 5.35. The van der Waals surface area contributed by atoms with Crippen LogP contribution in [-0.4, -0.2) is 25.0 Å². The zero-order valence-electron chi connectivity index (χ0n) is 14.3. The van der Waals surface area contributed by atoms with Gasteiger partial charge in [0, 0.05) is 6.54 Å². The van der Waals surface area contributed by atoms with Crippen LogP contribution >= 0.6 is 12.4 Å². The summed E-state index contributed by atoms with van der Waals surface area (Å²) in [5.74, 6) is 0.436. The fourth-order valence-corrected chi connectivity index (χ4v) is 2.76. The summed E-state index contributed by atoms with van der Waals surface area (Å²) in [6.45, 7) is 6.23. The second kappa shape index (κ2) is 8.35. The highest BCUT2D eigenvalue weighted by Gasteiger charge is 2.34. The Bertz CT molecular complexity index is 594. The van der Waals surface area contributed by atoms with Crippen molar-refractivity contribution in [2.45, 2.75) is 39.7 Å². The summed E-state index contributed by atoms with van der Waals surface area (Å²) < 4.78 is 5.34. The van der Waals surface area contributed by atoms with Gasteiger partial charge in [-0.1, -0.05) is 19.9 Å². The van der Waals surface area contributed by atoms with E-state index in [-0.39, 0.29) is 36.9 Å². The van der Waals surface area contributed by atoms with Crippen LogP contribution in [0.2, 0.25) is 0 Å². The summed E-state index contributed by atoms with van der Waals surface area (Å²) in [5.41, 5.74) is 6.84. The van der Waals surface area contributed by atoms with Gasteiger partial charge in [-0.05, 0) is 37.5 Å². The molecule has 0 saturated carbocycles. The first kappa shape index (κ1) is 20.3. The van der Waals surface area contributed by atoms with E-state index in [9.17, 15) is 9.59 Å². The van der Waals surface area contributed by atoms with Gasteiger partial charge in [0.15, 0.2) is 6.61 Å². The normalized spacial score (nSPS) is 14.6. The van der Waals surface area contributed by atoms with Crippen LogP contribution in [0.15, 0.2) is 18.2 Å². The third-order valence-corrected chi connectivity index (χ3v) is 4.71. The average Bonchev–Trinajstić information content (AvgIpc) is 2.56. The van der Waals surface area contributed by atoms with Crippen molar-refractivity contribution >= 4 is 29.9 Å². The number of ether oxygens (including phenoxy) is 1. The number of nitrogens with two attached hydrogens (primary N) is 1. The predicted octanol–water partition coefficient (Wildman–Crippen LogP) is 2.38. The van der Waals surface area contributed by atoms with Crippen molar-refractivity contribution in [2.75, 3.05) is 18.5 Å². The molecule has 7 heteroatoms. The number of hydrogen-bond acceptors (Lipinski definition) is 4. The third-order valence-electron chi connectivity index (χ3n) is 4.71. The number of hydrogen-bond donors (Lipinski definition) is 3. The Balaban J connectivity index is 0.00000288. The molecule has 0 spiro atoms. The number of carbonyl (C=O) groups excluding carboxylic acids is 2. The molecule has 0 fully saturated rings. The minimum atomic E-state index is -0.528. The Morgan fingerprint density at radius 3 is 2.67 bits per heavy atom. The molecule has 1 heterocycles. The van der Waals surface area contributed by atoms with Crippen molar-refractivity contribution in [2.24, 2.45) is 11.1 Å². The molecule has 6 nitrogen and oxygen atoms in total. The third kappa shape index (κ3) is 3.99. The van der Waals surface area contributed by atoms with E-state index in [0.717, 1.165) is 5.56 Å². The van der Waals surface area contributed by atoms with E-state index in [1.807, 2.05) is 39.0 Å². The zero-order valence-corrected chi connectivity index (χ0v) is 15.2.